The Kier molecular flexibility index (Phi) is 5.97. The predicted molar refractivity (Wildman–Crippen MR) is 118 cm³/mol. The zero-order valence-corrected chi connectivity index (χ0v) is 17.3. The van der Waals surface area contributed by atoms with E-state index in [0.717, 1.165) is 12.8 Å². The highest BCUT2D eigenvalue weighted by Gasteiger charge is 2.28. The molecule has 1 aliphatic rings. The highest BCUT2D eigenvalue weighted by Crippen LogP contribution is 2.22. The molecule has 8 heteroatoms. The van der Waals surface area contributed by atoms with E-state index in [1.54, 1.807) is 31.2 Å². The Labute approximate surface area is 179 Å². The van der Waals surface area contributed by atoms with Gasteiger partial charge in [0.15, 0.2) is 5.82 Å². The third kappa shape index (κ3) is 4.58. The fraction of sp³-hybridized carbons (Fsp3) is 0.304. The molecule has 1 saturated heterocycles. The summed E-state index contributed by atoms with van der Waals surface area (Å²) in [6.45, 7) is 3.15. The maximum atomic E-state index is 12.8. The van der Waals surface area contributed by atoms with Gasteiger partial charge in [-0.25, -0.2) is 9.78 Å². The lowest BCUT2D eigenvalue weighted by atomic mass is 9.97. The lowest BCUT2D eigenvalue weighted by molar-refractivity contribution is -0.120. The van der Waals surface area contributed by atoms with Gasteiger partial charge in [0, 0.05) is 18.8 Å². The Morgan fingerprint density at radius 1 is 1.19 bits per heavy atom. The number of amides is 1. The number of nitrogens with one attached hydrogen (secondary N) is 2. The number of fused-ring (bicyclic) bond motifs is 1. The molecule has 2 N–H and O–H groups in total. The van der Waals surface area contributed by atoms with E-state index < -0.39 is 5.97 Å². The number of hydrogen-bond acceptors (Lipinski definition) is 6. The van der Waals surface area contributed by atoms with Gasteiger partial charge in [0.05, 0.1) is 29.1 Å². The van der Waals surface area contributed by atoms with Gasteiger partial charge in [0.2, 0.25) is 5.91 Å². The zero-order chi connectivity index (χ0) is 21.8. The largest absolute Gasteiger partial charge is 0.462 e. The number of piperidine rings is 1. The van der Waals surface area contributed by atoms with E-state index in [4.69, 9.17) is 4.74 Å². The highest BCUT2D eigenvalue weighted by molar-refractivity contribution is 5.94. The summed E-state index contributed by atoms with van der Waals surface area (Å²) in [5, 5.41) is 2.90. The van der Waals surface area contributed by atoms with Crippen molar-refractivity contribution in [1.29, 1.82) is 0 Å². The maximum Gasteiger partial charge on any atom is 0.338 e. The van der Waals surface area contributed by atoms with E-state index in [0.29, 0.717) is 47.8 Å². The van der Waals surface area contributed by atoms with Gasteiger partial charge < -0.3 is 19.9 Å². The van der Waals surface area contributed by atoms with Gasteiger partial charge in [-0.3, -0.25) is 9.59 Å². The number of aromatic nitrogens is 2. The Morgan fingerprint density at radius 3 is 2.74 bits per heavy atom. The van der Waals surface area contributed by atoms with Crippen LogP contribution >= 0.6 is 0 Å². The molecule has 1 aromatic heterocycles. The predicted octanol–water partition coefficient (Wildman–Crippen LogP) is 2.95. The van der Waals surface area contributed by atoms with Crippen molar-refractivity contribution >= 4 is 34.4 Å². The Bertz CT molecular complexity index is 1160. The molecular formula is C23H24N4O4. The molecule has 3 aromatic rings. The number of carbonyl (C=O) groups is 2. The van der Waals surface area contributed by atoms with Crippen molar-refractivity contribution in [2.45, 2.75) is 19.8 Å². The summed E-state index contributed by atoms with van der Waals surface area (Å²) >= 11 is 0. The molecule has 1 amide bonds. The molecule has 4 rings (SSSR count). The number of H-pyrrole nitrogens is 1. The van der Waals surface area contributed by atoms with Crippen LogP contribution in [-0.4, -0.2) is 41.5 Å². The second-order valence-electron chi connectivity index (χ2n) is 7.48. The van der Waals surface area contributed by atoms with Crippen LogP contribution in [0.15, 0.2) is 53.3 Å². The SMILES string of the molecule is CCOC(=O)c1ccc(NC(=O)C2CCCN(c3nc4ccccc4[nH]c3=O)C2)cc1. The van der Waals surface area contributed by atoms with Gasteiger partial charge in [0.25, 0.3) is 5.56 Å². The summed E-state index contributed by atoms with van der Waals surface area (Å²) in [6.07, 6.45) is 1.52. The summed E-state index contributed by atoms with van der Waals surface area (Å²) in [7, 11) is 0. The van der Waals surface area contributed by atoms with Crippen LogP contribution in [-0.2, 0) is 9.53 Å². The first-order valence-electron chi connectivity index (χ1n) is 10.4. The number of hydrogen-bond donors (Lipinski definition) is 2. The first-order chi connectivity index (χ1) is 15.0. The number of ether oxygens (including phenoxy) is 1. The monoisotopic (exact) mass is 420 g/mol. The number of nitrogens with zero attached hydrogens (tertiary/aromatic N) is 2. The van der Waals surface area contributed by atoms with Gasteiger partial charge in [-0.1, -0.05) is 12.1 Å². The maximum absolute atomic E-state index is 12.8. The highest BCUT2D eigenvalue weighted by atomic mass is 16.5. The number of rotatable bonds is 5. The van der Waals surface area contributed by atoms with E-state index in [9.17, 15) is 14.4 Å². The van der Waals surface area contributed by atoms with Crippen LogP contribution in [0.4, 0.5) is 11.5 Å². The van der Waals surface area contributed by atoms with Gasteiger partial charge in [0.1, 0.15) is 0 Å². The molecule has 160 valence electrons. The minimum absolute atomic E-state index is 0.120. The second kappa shape index (κ2) is 8.99. The van der Waals surface area contributed by atoms with E-state index in [1.165, 1.54) is 0 Å². The van der Waals surface area contributed by atoms with Gasteiger partial charge in [-0.15, -0.1) is 0 Å². The van der Waals surface area contributed by atoms with Crippen molar-refractivity contribution in [2.24, 2.45) is 5.92 Å². The Hall–Kier alpha value is -3.68. The van der Waals surface area contributed by atoms with Crippen molar-refractivity contribution < 1.29 is 14.3 Å². The minimum Gasteiger partial charge on any atom is -0.462 e. The quantitative estimate of drug-likeness (QED) is 0.615. The summed E-state index contributed by atoms with van der Waals surface area (Å²) in [4.78, 5) is 46.4. The van der Waals surface area contributed by atoms with Crippen molar-refractivity contribution in [1.82, 2.24) is 9.97 Å². The van der Waals surface area contributed by atoms with Crippen LogP contribution in [0.3, 0.4) is 0 Å². The third-order valence-corrected chi connectivity index (χ3v) is 5.34. The number of esters is 1. The first kappa shape index (κ1) is 20.6. The molecule has 31 heavy (non-hydrogen) atoms. The Balaban J connectivity index is 1.45. The molecule has 2 aromatic carbocycles. The average molecular weight is 420 g/mol. The zero-order valence-electron chi connectivity index (χ0n) is 17.3. The molecule has 0 spiro atoms. The number of aromatic amines is 1. The Morgan fingerprint density at radius 2 is 1.97 bits per heavy atom. The number of carbonyl (C=O) groups excluding carboxylic acids is 2. The molecule has 0 bridgehead atoms. The topological polar surface area (TPSA) is 104 Å². The van der Waals surface area contributed by atoms with E-state index in [2.05, 4.69) is 15.3 Å². The molecular weight excluding hydrogens is 396 g/mol. The van der Waals surface area contributed by atoms with Crippen molar-refractivity contribution in [3.63, 3.8) is 0 Å². The summed E-state index contributed by atoms with van der Waals surface area (Å²) in [5.41, 5.74) is 2.19. The fourth-order valence-electron chi connectivity index (χ4n) is 3.77. The smallest absolute Gasteiger partial charge is 0.338 e. The average Bonchev–Trinajstić information content (AvgIpc) is 2.79. The molecule has 8 nitrogen and oxygen atoms in total. The lowest BCUT2D eigenvalue weighted by Gasteiger charge is -2.32. The molecule has 1 aliphatic heterocycles. The summed E-state index contributed by atoms with van der Waals surface area (Å²) in [5.74, 6) is -0.441. The molecule has 2 heterocycles. The molecule has 1 unspecified atom stereocenters. The van der Waals surface area contributed by atoms with E-state index >= 15 is 0 Å². The lowest BCUT2D eigenvalue weighted by Crippen LogP contribution is -2.43. The minimum atomic E-state index is -0.392. The summed E-state index contributed by atoms with van der Waals surface area (Å²) < 4.78 is 4.97. The number of anilines is 2. The fourth-order valence-corrected chi connectivity index (χ4v) is 3.77. The standard InChI is InChI=1S/C23H24N4O4/c1-2-31-23(30)15-9-11-17(12-10-15)24-21(28)16-6-5-13-27(14-16)20-22(29)26-19-8-4-3-7-18(19)25-20/h3-4,7-12,16H,2,5-6,13-14H2,1H3,(H,24,28)(H,26,29). The second-order valence-corrected chi connectivity index (χ2v) is 7.48. The van der Waals surface area contributed by atoms with Gasteiger partial charge >= 0.3 is 5.97 Å². The molecule has 0 saturated carbocycles. The molecule has 1 atom stereocenters. The number of para-hydroxylation sites is 2. The van der Waals surface area contributed by atoms with Crippen LogP contribution in [0.2, 0.25) is 0 Å². The normalized spacial score (nSPS) is 16.2. The first-order valence-corrected chi connectivity index (χ1v) is 10.4. The van der Waals surface area contributed by atoms with Crippen molar-refractivity contribution in [3.8, 4) is 0 Å². The van der Waals surface area contributed by atoms with Crippen molar-refractivity contribution in [2.75, 3.05) is 29.9 Å². The van der Waals surface area contributed by atoms with Gasteiger partial charge in [-0.05, 0) is 56.2 Å². The van der Waals surface area contributed by atoms with E-state index in [-0.39, 0.29) is 17.4 Å². The number of benzene rings is 2. The molecule has 0 aliphatic carbocycles. The third-order valence-electron chi connectivity index (χ3n) is 5.34. The van der Waals surface area contributed by atoms with Crippen LogP contribution in [0.1, 0.15) is 30.1 Å². The van der Waals surface area contributed by atoms with Gasteiger partial charge in [-0.2, -0.15) is 0 Å². The van der Waals surface area contributed by atoms with Crippen LogP contribution < -0.4 is 15.8 Å². The molecule has 0 radical (unpaired) electrons. The van der Waals surface area contributed by atoms with Crippen LogP contribution in [0.5, 0.6) is 0 Å². The molecule has 1 fully saturated rings. The van der Waals surface area contributed by atoms with Crippen molar-refractivity contribution in [3.05, 3.63) is 64.4 Å². The van der Waals surface area contributed by atoms with Crippen LogP contribution in [0, 0.1) is 5.92 Å². The van der Waals surface area contributed by atoms with E-state index in [1.807, 2.05) is 29.2 Å². The summed E-state index contributed by atoms with van der Waals surface area (Å²) in [6, 6.07) is 14.0. The van der Waals surface area contributed by atoms with Crippen LogP contribution in [0.25, 0.3) is 11.0 Å².